The van der Waals surface area contributed by atoms with Crippen molar-refractivity contribution in [1.29, 1.82) is 0 Å². The van der Waals surface area contributed by atoms with Crippen molar-refractivity contribution in [2.24, 2.45) is 5.73 Å². The Balaban J connectivity index is 2.27. The predicted molar refractivity (Wildman–Crippen MR) is 112 cm³/mol. The first-order chi connectivity index (χ1) is 13.1. The third-order valence-electron chi connectivity index (χ3n) is 3.79. The number of thioether (sulfide) groups is 1. The number of carbonyl (C=O) groups excluding carboxylic acids is 2. The van der Waals surface area contributed by atoms with Gasteiger partial charge in [0.2, 0.25) is 5.12 Å². The molecule has 0 fully saturated rings. The minimum Gasteiger partial charge on any atom is -0.488 e. The average molecular weight is 402 g/mol. The molecule has 0 saturated heterocycles. The Labute approximate surface area is 170 Å². The van der Waals surface area contributed by atoms with Crippen LogP contribution in [0.15, 0.2) is 54.6 Å². The van der Waals surface area contributed by atoms with E-state index >= 15 is 0 Å². The number of benzene rings is 2. The molecule has 2 aromatic carbocycles. The zero-order valence-corrected chi connectivity index (χ0v) is 17.5. The minimum atomic E-state index is -1.21. The molecule has 6 heteroatoms. The zero-order chi connectivity index (χ0) is 20.8. The summed E-state index contributed by atoms with van der Waals surface area (Å²) < 4.78 is 11.1. The Kier molecular flexibility index (Phi) is 7.27. The van der Waals surface area contributed by atoms with Gasteiger partial charge in [0.25, 0.3) is 0 Å². The van der Waals surface area contributed by atoms with Gasteiger partial charge in [-0.1, -0.05) is 61.2 Å². The number of hydrogen-bond donors (Lipinski definition) is 1. The first-order valence-corrected chi connectivity index (χ1v) is 9.97. The molecule has 0 aliphatic rings. The molecule has 2 rings (SSSR count). The topological polar surface area (TPSA) is 78.6 Å². The highest BCUT2D eigenvalue weighted by molar-refractivity contribution is 8.14. The summed E-state index contributed by atoms with van der Waals surface area (Å²) in [6, 6.07) is 16.1. The summed E-state index contributed by atoms with van der Waals surface area (Å²) in [5, 5.41) is -0.189. The van der Waals surface area contributed by atoms with Crippen molar-refractivity contribution < 1.29 is 19.1 Å². The van der Waals surface area contributed by atoms with Gasteiger partial charge < -0.3 is 15.2 Å². The lowest BCUT2D eigenvalue weighted by Gasteiger charge is -2.28. The van der Waals surface area contributed by atoms with E-state index in [1.807, 2.05) is 26.8 Å². The first kappa shape index (κ1) is 22.0. The second-order valence-electron chi connectivity index (χ2n) is 7.40. The molecule has 5 nitrogen and oxygen atoms in total. The normalized spacial score (nSPS) is 13.5. The van der Waals surface area contributed by atoms with Crippen LogP contribution in [-0.4, -0.2) is 23.3 Å². The zero-order valence-electron chi connectivity index (χ0n) is 16.7. The highest BCUT2D eigenvalue weighted by atomic mass is 32.2. The molecule has 0 aliphatic carbocycles. The maximum absolute atomic E-state index is 12.7. The van der Waals surface area contributed by atoms with Crippen molar-refractivity contribution in [3.8, 4) is 5.75 Å². The van der Waals surface area contributed by atoms with E-state index in [2.05, 4.69) is 0 Å². The second-order valence-corrected chi connectivity index (χ2v) is 8.70. The highest BCUT2D eigenvalue weighted by Crippen LogP contribution is 2.35. The largest absolute Gasteiger partial charge is 0.488 e. The van der Waals surface area contributed by atoms with Crippen molar-refractivity contribution in [3.05, 3.63) is 65.7 Å². The van der Waals surface area contributed by atoms with Gasteiger partial charge in [0.1, 0.15) is 22.8 Å². The molecule has 2 N–H and O–H groups in total. The smallest absolute Gasteiger partial charge is 0.305 e. The van der Waals surface area contributed by atoms with E-state index in [4.69, 9.17) is 15.2 Å². The third-order valence-corrected chi connectivity index (χ3v) is 4.93. The van der Waals surface area contributed by atoms with Crippen molar-refractivity contribution in [3.63, 3.8) is 0 Å². The number of carbonyl (C=O) groups is 2. The van der Waals surface area contributed by atoms with Crippen LogP contribution in [0.1, 0.15) is 50.0 Å². The summed E-state index contributed by atoms with van der Waals surface area (Å²) in [6.07, 6.45) is 0.242. The van der Waals surface area contributed by atoms with Crippen LogP contribution in [0, 0.1) is 0 Å². The van der Waals surface area contributed by atoms with E-state index < -0.39 is 4.87 Å². The van der Waals surface area contributed by atoms with E-state index in [9.17, 15) is 9.59 Å². The van der Waals surface area contributed by atoms with Crippen LogP contribution in [0.25, 0.3) is 0 Å². The van der Waals surface area contributed by atoms with E-state index in [-0.39, 0.29) is 29.7 Å². The molecule has 0 radical (unpaired) electrons. The fraction of sp³-hybridized carbons (Fsp3) is 0.364. The SMILES string of the molecule is CCC(=O)OCC(N)(SC(=O)c1ccccc1)c1ccc(OC(C)(C)C)cc1. The molecule has 2 aromatic rings. The van der Waals surface area contributed by atoms with Gasteiger partial charge in [0.05, 0.1) is 0 Å². The van der Waals surface area contributed by atoms with Gasteiger partial charge >= 0.3 is 5.97 Å². The Morgan fingerprint density at radius 2 is 1.61 bits per heavy atom. The van der Waals surface area contributed by atoms with Crippen molar-refractivity contribution in [2.75, 3.05) is 6.61 Å². The molecule has 28 heavy (non-hydrogen) atoms. The maximum atomic E-state index is 12.7. The first-order valence-electron chi connectivity index (χ1n) is 9.15. The summed E-state index contributed by atoms with van der Waals surface area (Å²) in [5.41, 5.74) is 7.45. The number of esters is 1. The Morgan fingerprint density at radius 3 is 2.14 bits per heavy atom. The van der Waals surface area contributed by atoms with Crippen LogP contribution >= 0.6 is 11.8 Å². The van der Waals surface area contributed by atoms with Crippen LogP contribution in [0.4, 0.5) is 0 Å². The van der Waals surface area contributed by atoms with Crippen LogP contribution < -0.4 is 10.5 Å². The molecule has 0 aromatic heterocycles. The van der Waals surface area contributed by atoms with E-state index in [0.717, 1.165) is 11.8 Å². The van der Waals surface area contributed by atoms with Gasteiger partial charge in [-0.15, -0.1) is 0 Å². The molecular formula is C22H27NO4S. The summed E-state index contributed by atoms with van der Waals surface area (Å²) >= 11 is 0.946. The molecule has 150 valence electrons. The number of nitrogens with two attached hydrogens (primary N) is 1. The fourth-order valence-electron chi connectivity index (χ4n) is 2.42. The van der Waals surface area contributed by atoms with Gasteiger partial charge in [-0.3, -0.25) is 9.59 Å². The van der Waals surface area contributed by atoms with Crippen molar-refractivity contribution >= 4 is 22.8 Å². The average Bonchev–Trinajstić information content (AvgIpc) is 2.66. The van der Waals surface area contributed by atoms with Crippen LogP contribution in [0.3, 0.4) is 0 Å². The van der Waals surface area contributed by atoms with Gasteiger partial charge in [-0.25, -0.2) is 0 Å². The molecule has 1 unspecified atom stereocenters. The standard InChI is InChI=1S/C22H27NO4S/c1-5-19(24)26-15-22(23,28-20(25)16-9-7-6-8-10-16)17-11-13-18(14-12-17)27-21(2,3)4/h6-14H,5,15,23H2,1-4H3. The lowest BCUT2D eigenvalue weighted by atomic mass is 10.1. The predicted octanol–water partition coefficient (Wildman–Crippen LogP) is 4.50. The molecule has 1 atom stereocenters. The molecule has 0 saturated carbocycles. The monoisotopic (exact) mass is 401 g/mol. The van der Waals surface area contributed by atoms with Crippen LogP contribution in [0.5, 0.6) is 5.75 Å². The van der Waals surface area contributed by atoms with E-state index in [1.54, 1.807) is 55.5 Å². The minimum absolute atomic E-state index is 0.109. The molecule has 0 spiro atoms. The van der Waals surface area contributed by atoms with Gasteiger partial charge in [-0.05, 0) is 38.5 Å². The highest BCUT2D eigenvalue weighted by Gasteiger charge is 2.34. The van der Waals surface area contributed by atoms with Crippen molar-refractivity contribution in [1.82, 2.24) is 0 Å². The number of hydrogen-bond acceptors (Lipinski definition) is 6. The Bertz CT molecular complexity index is 800. The quantitative estimate of drug-likeness (QED) is 0.543. The summed E-state index contributed by atoms with van der Waals surface area (Å²) in [6.45, 7) is 7.50. The fourth-order valence-corrected chi connectivity index (χ4v) is 3.38. The lowest BCUT2D eigenvalue weighted by Crippen LogP contribution is -2.40. The Morgan fingerprint density at radius 1 is 1.00 bits per heavy atom. The van der Waals surface area contributed by atoms with Gasteiger partial charge in [0.15, 0.2) is 0 Å². The van der Waals surface area contributed by atoms with Gasteiger partial charge in [-0.2, -0.15) is 0 Å². The Hall–Kier alpha value is -2.31. The van der Waals surface area contributed by atoms with Crippen LogP contribution in [-0.2, 0) is 14.4 Å². The summed E-state index contributed by atoms with van der Waals surface area (Å²) in [4.78, 5) is 23.2. The third kappa shape index (κ3) is 6.39. The summed E-state index contributed by atoms with van der Waals surface area (Å²) in [5.74, 6) is 0.332. The maximum Gasteiger partial charge on any atom is 0.305 e. The lowest BCUT2D eigenvalue weighted by molar-refractivity contribution is -0.144. The second kappa shape index (κ2) is 9.26. The summed E-state index contributed by atoms with van der Waals surface area (Å²) in [7, 11) is 0. The van der Waals surface area contributed by atoms with Gasteiger partial charge in [0, 0.05) is 12.0 Å². The molecule has 0 aliphatic heterocycles. The molecular weight excluding hydrogens is 374 g/mol. The molecule has 0 bridgehead atoms. The van der Waals surface area contributed by atoms with E-state index in [0.29, 0.717) is 16.9 Å². The van der Waals surface area contributed by atoms with Crippen molar-refractivity contribution in [2.45, 2.75) is 44.6 Å². The molecule has 0 amide bonds. The number of ether oxygens (including phenoxy) is 2. The number of rotatable bonds is 7. The van der Waals surface area contributed by atoms with Crippen LogP contribution in [0.2, 0.25) is 0 Å². The molecule has 0 heterocycles. The van der Waals surface area contributed by atoms with E-state index in [1.165, 1.54) is 0 Å².